The van der Waals surface area contributed by atoms with Gasteiger partial charge in [0.05, 0.1) is 6.54 Å². The summed E-state index contributed by atoms with van der Waals surface area (Å²) in [7, 11) is 0. The third kappa shape index (κ3) is 3.16. The molecule has 0 spiro atoms. The van der Waals surface area contributed by atoms with Gasteiger partial charge in [0.1, 0.15) is 5.69 Å². The minimum absolute atomic E-state index is 0.00418. The van der Waals surface area contributed by atoms with Gasteiger partial charge in [-0.15, -0.1) is 0 Å². The van der Waals surface area contributed by atoms with Gasteiger partial charge in [0.25, 0.3) is 5.91 Å². The number of likely N-dealkylation sites (tertiary alicyclic amines) is 1. The number of rotatable bonds is 3. The van der Waals surface area contributed by atoms with Crippen molar-refractivity contribution < 1.29 is 9.59 Å². The van der Waals surface area contributed by atoms with Gasteiger partial charge in [0, 0.05) is 37.6 Å². The average Bonchev–Trinajstić information content (AvgIpc) is 2.95. The van der Waals surface area contributed by atoms with E-state index in [1.54, 1.807) is 6.20 Å². The lowest BCUT2D eigenvalue weighted by atomic mass is 10.0. The molecule has 2 amide bonds. The van der Waals surface area contributed by atoms with E-state index >= 15 is 0 Å². The van der Waals surface area contributed by atoms with Gasteiger partial charge < -0.3 is 15.1 Å². The SMILES string of the molecule is CC[C@H]1[C@H](C)CCN1C(=O)c1cc(N2CCNC(=O)C2)ccn1. The molecule has 1 aromatic heterocycles. The van der Waals surface area contributed by atoms with Gasteiger partial charge >= 0.3 is 0 Å². The molecule has 6 nitrogen and oxygen atoms in total. The van der Waals surface area contributed by atoms with Crippen molar-refractivity contribution in [2.75, 3.05) is 31.1 Å². The first-order valence-electron chi connectivity index (χ1n) is 8.38. The molecule has 0 unspecified atom stereocenters. The van der Waals surface area contributed by atoms with Crippen molar-refractivity contribution in [3.63, 3.8) is 0 Å². The van der Waals surface area contributed by atoms with Crippen LogP contribution in [0, 0.1) is 5.92 Å². The van der Waals surface area contributed by atoms with Crippen LogP contribution in [0.5, 0.6) is 0 Å². The highest BCUT2D eigenvalue weighted by atomic mass is 16.2. The predicted octanol–water partition coefficient (Wildman–Crippen LogP) is 1.28. The van der Waals surface area contributed by atoms with Crippen molar-refractivity contribution in [2.24, 2.45) is 5.92 Å². The fourth-order valence-corrected chi connectivity index (χ4v) is 3.62. The summed E-state index contributed by atoms with van der Waals surface area (Å²) in [4.78, 5) is 32.6. The van der Waals surface area contributed by atoms with E-state index in [9.17, 15) is 9.59 Å². The summed E-state index contributed by atoms with van der Waals surface area (Å²) in [5, 5.41) is 2.81. The van der Waals surface area contributed by atoms with Gasteiger partial charge in [-0.05, 0) is 30.9 Å². The zero-order chi connectivity index (χ0) is 16.4. The molecular formula is C17H24N4O2. The summed E-state index contributed by atoms with van der Waals surface area (Å²) in [5.41, 5.74) is 1.36. The Morgan fingerprint density at radius 3 is 3.00 bits per heavy atom. The number of hydrogen-bond donors (Lipinski definition) is 1. The highest BCUT2D eigenvalue weighted by Crippen LogP contribution is 2.28. The normalized spacial score (nSPS) is 24.7. The van der Waals surface area contributed by atoms with Crippen LogP contribution in [0.15, 0.2) is 18.3 Å². The molecule has 2 aliphatic rings. The number of piperazine rings is 1. The number of pyridine rings is 1. The monoisotopic (exact) mass is 316 g/mol. The van der Waals surface area contributed by atoms with E-state index in [1.807, 2.05) is 21.9 Å². The van der Waals surface area contributed by atoms with E-state index in [4.69, 9.17) is 0 Å². The first-order chi connectivity index (χ1) is 11.1. The maximum atomic E-state index is 12.8. The Hall–Kier alpha value is -2.11. The summed E-state index contributed by atoms with van der Waals surface area (Å²) >= 11 is 0. The lowest BCUT2D eigenvalue weighted by molar-refractivity contribution is -0.120. The van der Waals surface area contributed by atoms with Crippen LogP contribution in [0.2, 0.25) is 0 Å². The van der Waals surface area contributed by atoms with E-state index in [0.29, 0.717) is 30.7 Å². The third-order valence-corrected chi connectivity index (χ3v) is 4.93. The number of anilines is 1. The van der Waals surface area contributed by atoms with Crippen LogP contribution in [0.1, 0.15) is 37.2 Å². The van der Waals surface area contributed by atoms with Crippen molar-refractivity contribution in [1.82, 2.24) is 15.2 Å². The molecule has 2 fully saturated rings. The fourth-order valence-electron chi connectivity index (χ4n) is 3.62. The summed E-state index contributed by atoms with van der Waals surface area (Å²) in [6.45, 7) is 6.85. The molecule has 0 radical (unpaired) electrons. The number of carbonyl (C=O) groups is 2. The van der Waals surface area contributed by atoms with Crippen LogP contribution in [0.25, 0.3) is 0 Å². The Labute approximate surface area is 136 Å². The number of hydrogen-bond acceptors (Lipinski definition) is 4. The summed E-state index contributed by atoms with van der Waals surface area (Å²) in [5.74, 6) is 0.558. The number of nitrogens with one attached hydrogen (secondary N) is 1. The topological polar surface area (TPSA) is 65.5 Å². The first-order valence-corrected chi connectivity index (χ1v) is 8.38. The van der Waals surface area contributed by atoms with Crippen LogP contribution < -0.4 is 10.2 Å². The second-order valence-electron chi connectivity index (χ2n) is 6.41. The highest BCUT2D eigenvalue weighted by Gasteiger charge is 2.34. The van der Waals surface area contributed by atoms with Crippen molar-refractivity contribution in [3.8, 4) is 0 Å². The zero-order valence-electron chi connectivity index (χ0n) is 13.8. The minimum atomic E-state index is 0.00418. The summed E-state index contributed by atoms with van der Waals surface area (Å²) in [6.07, 6.45) is 3.69. The molecule has 2 saturated heterocycles. The minimum Gasteiger partial charge on any atom is -0.360 e. The maximum Gasteiger partial charge on any atom is 0.272 e. The van der Waals surface area contributed by atoms with Crippen LogP contribution in [-0.2, 0) is 4.79 Å². The molecule has 3 heterocycles. The van der Waals surface area contributed by atoms with E-state index in [1.165, 1.54) is 0 Å². The molecule has 6 heteroatoms. The lowest BCUT2D eigenvalue weighted by Crippen LogP contribution is -2.47. The maximum absolute atomic E-state index is 12.8. The molecule has 1 aromatic rings. The second-order valence-corrected chi connectivity index (χ2v) is 6.41. The molecule has 23 heavy (non-hydrogen) atoms. The van der Waals surface area contributed by atoms with Crippen LogP contribution in [0.4, 0.5) is 5.69 Å². The predicted molar refractivity (Wildman–Crippen MR) is 88.4 cm³/mol. The quantitative estimate of drug-likeness (QED) is 0.912. The van der Waals surface area contributed by atoms with Crippen molar-refractivity contribution in [3.05, 3.63) is 24.0 Å². The van der Waals surface area contributed by atoms with Crippen molar-refractivity contribution in [1.29, 1.82) is 0 Å². The van der Waals surface area contributed by atoms with Crippen molar-refractivity contribution in [2.45, 2.75) is 32.7 Å². The Bertz CT molecular complexity index is 604. The first kappa shape index (κ1) is 15.8. The number of aromatic nitrogens is 1. The fraction of sp³-hybridized carbons (Fsp3) is 0.588. The van der Waals surface area contributed by atoms with Crippen LogP contribution in [0.3, 0.4) is 0 Å². The van der Waals surface area contributed by atoms with Gasteiger partial charge in [0.2, 0.25) is 5.91 Å². The van der Waals surface area contributed by atoms with Gasteiger partial charge in [-0.3, -0.25) is 14.6 Å². The molecular weight excluding hydrogens is 292 g/mol. The van der Waals surface area contributed by atoms with Gasteiger partial charge in [-0.2, -0.15) is 0 Å². The van der Waals surface area contributed by atoms with Gasteiger partial charge in [0.15, 0.2) is 0 Å². The zero-order valence-corrected chi connectivity index (χ0v) is 13.8. The van der Waals surface area contributed by atoms with E-state index in [2.05, 4.69) is 24.1 Å². The number of carbonyl (C=O) groups excluding carboxylic acids is 2. The van der Waals surface area contributed by atoms with Crippen LogP contribution >= 0.6 is 0 Å². The van der Waals surface area contributed by atoms with Gasteiger partial charge in [-0.25, -0.2) is 0 Å². The largest absolute Gasteiger partial charge is 0.360 e. The molecule has 2 aliphatic heterocycles. The third-order valence-electron chi connectivity index (χ3n) is 4.93. The Morgan fingerprint density at radius 1 is 1.43 bits per heavy atom. The Balaban J connectivity index is 1.79. The van der Waals surface area contributed by atoms with E-state index < -0.39 is 0 Å². The summed E-state index contributed by atoms with van der Waals surface area (Å²) < 4.78 is 0. The van der Waals surface area contributed by atoms with Crippen LogP contribution in [-0.4, -0.2) is 53.9 Å². The second kappa shape index (κ2) is 6.56. The van der Waals surface area contributed by atoms with E-state index in [-0.39, 0.29) is 11.8 Å². The Kier molecular flexibility index (Phi) is 4.50. The Morgan fingerprint density at radius 2 is 2.26 bits per heavy atom. The lowest BCUT2D eigenvalue weighted by Gasteiger charge is -2.29. The molecule has 0 saturated carbocycles. The molecule has 3 rings (SSSR count). The molecule has 0 aromatic carbocycles. The highest BCUT2D eigenvalue weighted by molar-refractivity contribution is 5.94. The van der Waals surface area contributed by atoms with Gasteiger partial charge in [-0.1, -0.05) is 13.8 Å². The number of amides is 2. The molecule has 2 atom stereocenters. The smallest absolute Gasteiger partial charge is 0.272 e. The van der Waals surface area contributed by atoms with Crippen molar-refractivity contribution >= 4 is 17.5 Å². The average molecular weight is 316 g/mol. The van der Waals surface area contributed by atoms with E-state index in [0.717, 1.165) is 31.6 Å². The molecule has 0 bridgehead atoms. The molecule has 1 N–H and O–H groups in total. The molecule has 0 aliphatic carbocycles. The standard InChI is InChI=1S/C17H24N4O2/c1-3-15-12(2)5-8-21(15)17(23)14-10-13(4-6-18-14)20-9-7-19-16(22)11-20/h4,6,10,12,15H,3,5,7-9,11H2,1-2H3,(H,19,22)/t12-,15+/m1/s1. The number of nitrogens with zero attached hydrogens (tertiary/aromatic N) is 3. The molecule has 124 valence electrons. The summed E-state index contributed by atoms with van der Waals surface area (Å²) in [6, 6.07) is 3.98.